The van der Waals surface area contributed by atoms with Gasteiger partial charge in [-0.05, 0) is 18.8 Å². The molecule has 4 nitrogen and oxygen atoms in total. The molecule has 0 aliphatic rings. The minimum absolute atomic E-state index is 0.00412. The first-order valence-corrected chi connectivity index (χ1v) is 10.8. The summed E-state index contributed by atoms with van der Waals surface area (Å²) < 4.78 is 0. The number of thioether (sulfide) groups is 1. The highest BCUT2D eigenvalue weighted by Crippen LogP contribution is 2.19. The van der Waals surface area contributed by atoms with Gasteiger partial charge in [0.25, 0.3) is 0 Å². The molecule has 0 saturated carbocycles. The fourth-order valence-corrected chi connectivity index (χ4v) is 3.60. The van der Waals surface area contributed by atoms with Crippen molar-refractivity contribution in [1.29, 1.82) is 0 Å². The molecule has 25 heavy (non-hydrogen) atoms. The number of Topliss-reactive ketones (excluding diaryl/α,β-unsaturated/α-hetero) is 1. The lowest BCUT2D eigenvalue weighted by molar-refractivity contribution is -0.124. The molecule has 0 aliphatic heterocycles. The van der Waals surface area contributed by atoms with Crippen molar-refractivity contribution in [2.24, 2.45) is 5.92 Å². The van der Waals surface area contributed by atoms with E-state index in [-0.39, 0.29) is 28.6 Å². The normalized spacial score (nSPS) is 13.3. The molecule has 0 bridgehead atoms. The first-order valence-electron chi connectivity index (χ1n) is 9.41. The molecule has 0 fully saturated rings. The van der Waals surface area contributed by atoms with Gasteiger partial charge in [-0.1, -0.05) is 57.7 Å². The second-order valence-corrected chi connectivity index (χ2v) is 8.52. The molecular weight excluding hydrogens is 358 g/mol. The van der Waals surface area contributed by atoms with E-state index in [1.807, 2.05) is 0 Å². The Labute approximate surface area is 162 Å². The monoisotopic (exact) mass is 391 g/mol. The summed E-state index contributed by atoms with van der Waals surface area (Å²) in [7, 11) is 0. The average Bonchev–Trinajstić information content (AvgIpc) is 2.53. The topological polar surface area (TPSA) is 63.2 Å². The molecule has 0 aliphatic carbocycles. The fourth-order valence-electron chi connectivity index (χ4n) is 2.60. The van der Waals surface area contributed by atoms with Crippen LogP contribution >= 0.6 is 23.4 Å². The van der Waals surface area contributed by atoms with Gasteiger partial charge in [0, 0.05) is 31.0 Å². The number of ketones is 1. The number of carbonyl (C=O) groups excluding carboxylic acids is 3. The summed E-state index contributed by atoms with van der Waals surface area (Å²) in [5.74, 6) is 0.736. The smallest absolute Gasteiger partial charge is 0.216 e. The zero-order valence-corrected chi connectivity index (χ0v) is 17.5. The van der Waals surface area contributed by atoms with Gasteiger partial charge in [-0.3, -0.25) is 14.4 Å². The van der Waals surface area contributed by atoms with E-state index in [2.05, 4.69) is 19.2 Å². The molecule has 2 atom stereocenters. The van der Waals surface area contributed by atoms with Crippen molar-refractivity contribution < 1.29 is 14.4 Å². The van der Waals surface area contributed by atoms with Crippen LogP contribution in [-0.2, 0) is 14.4 Å². The van der Waals surface area contributed by atoms with Crippen LogP contribution in [0.1, 0.15) is 78.6 Å². The third-order valence-corrected chi connectivity index (χ3v) is 5.30. The maximum absolute atomic E-state index is 11.9. The highest BCUT2D eigenvalue weighted by molar-refractivity contribution is 8.13. The van der Waals surface area contributed by atoms with Crippen molar-refractivity contribution in [3.05, 3.63) is 0 Å². The van der Waals surface area contributed by atoms with Crippen LogP contribution in [0.3, 0.4) is 0 Å². The highest BCUT2D eigenvalue weighted by atomic mass is 35.5. The molecule has 146 valence electrons. The Bertz CT molecular complexity index is 404. The van der Waals surface area contributed by atoms with Gasteiger partial charge in [0.1, 0.15) is 5.78 Å². The third-order valence-electron chi connectivity index (χ3n) is 3.99. The molecule has 0 saturated heterocycles. The average molecular weight is 392 g/mol. The zero-order valence-electron chi connectivity index (χ0n) is 15.9. The predicted molar refractivity (Wildman–Crippen MR) is 107 cm³/mol. The fraction of sp³-hybridized carbons (Fsp3) is 0.842. The van der Waals surface area contributed by atoms with Crippen LogP contribution in [0, 0.1) is 5.92 Å². The second-order valence-electron chi connectivity index (χ2n) is 6.75. The first-order chi connectivity index (χ1) is 11.8. The van der Waals surface area contributed by atoms with Crippen LogP contribution in [0.2, 0.25) is 0 Å². The number of unbranched alkanes of at least 4 members (excludes halogenated alkanes) is 2. The number of hydrogen-bond donors (Lipinski definition) is 1. The number of nitrogens with one attached hydrogen (secondary N) is 1. The molecule has 0 aromatic heterocycles. The van der Waals surface area contributed by atoms with Gasteiger partial charge in [0.05, 0.1) is 6.42 Å². The largest absolute Gasteiger partial charge is 0.356 e. The molecule has 1 amide bonds. The van der Waals surface area contributed by atoms with E-state index >= 15 is 0 Å². The molecule has 0 heterocycles. The van der Waals surface area contributed by atoms with E-state index in [4.69, 9.17) is 11.6 Å². The molecule has 0 aromatic carbocycles. The number of amides is 1. The Morgan fingerprint density at radius 3 is 2.36 bits per heavy atom. The minimum atomic E-state index is -0.108. The van der Waals surface area contributed by atoms with Crippen molar-refractivity contribution in [2.45, 2.75) is 83.9 Å². The maximum atomic E-state index is 11.9. The summed E-state index contributed by atoms with van der Waals surface area (Å²) in [4.78, 5) is 34.4. The van der Waals surface area contributed by atoms with Gasteiger partial charge in [0.15, 0.2) is 5.12 Å². The summed E-state index contributed by atoms with van der Waals surface area (Å²) in [6, 6.07) is 0. The van der Waals surface area contributed by atoms with Gasteiger partial charge < -0.3 is 5.32 Å². The predicted octanol–water partition coefficient (Wildman–Crippen LogP) is 4.73. The Morgan fingerprint density at radius 2 is 1.72 bits per heavy atom. The molecule has 0 rings (SSSR count). The van der Waals surface area contributed by atoms with E-state index in [0.29, 0.717) is 24.6 Å². The molecule has 2 unspecified atom stereocenters. The SMILES string of the molecule is CCCCC(Cl)CCCCC(C)CC(=O)CC(=O)SCCNC(C)=O. The summed E-state index contributed by atoms with van der Waals surface area (Å²) in [5.41, 5.74) is 0. The molecule has 0 aromatic rings. The number of hydrogen-bond acceptors (Lipinski definition) is 4. The van der Waals surface area contributed by atoms with E-state index in [0.717, 1.165) is 43.9 Å². The molecule has 1 N–H and O–H groups in total. The molecule has 0 spiro atoms. The molecule has 0 radical (unpaired) electrons. The van der Waals surface area contributed by atoms with Crippen LogP contribution in [0.15, 0.2) is 0 Å². The summed E-state index contributed by atoms with van der Waals surface area (Å²) >= 11 is 7.38. The van der Waals surface area contributed by atoms with Gasteiger partial charge in [-0.2, -0.15) is 0 Å². The maximum Gasteiger partial charge on any atom is 0.216 e. The van der Waals surface area contributed by atoms with Crippen molar-refractivity contribution in [3.63, 3.8) is 0 Å². The van der Waals surface area contributed by atoms with E-state index in [9.17, 15) is 14.4 Å². The van der Waals surface area contributed by atoms with Crippen LogP contribution in [-0.4, -0.2) is 34.5 Å². The van der Waals surface area contributed by atoms with Crippen LogP contribution in [0.4, 0.5) is 0 Å². The lowest BCUT2D eigenvalue weighted by atomic mass is 9.96. The molecular formula is C19H34ClNO3S. The summed E-state index contributed by atoms with van der Waals surface area (Å²) in [6.07, 6.45) is 8.18. The van der Waals surface area contributed by atoms with Gasteiger partial charge in [0.2, 0.25) is 5.91 Å². The Balaban J connectivity index is 3.70. The Morgan fingerprint density at radius 1 is 1.08 bits per heavy atom. The highest BCUT2D eigenvalue weighted by Gasteiger charge is 2.14. The van der Waals surface area contributed by atoms with Crippen LogP contribution in [0.5, 0.6) is 0 Å². The van der Waals surface area contributed by atoms with Crippen molar-refractivity contribution in [1.82, 2.24) is 5.32 Å². The van der Waals surface area contributed by atoms with Gasteiger partial charge >= 0.3 is 0 Å². The zero-order chi connectivity index (χ0) is 19.1. The van der Waals surface area contributed by atoms with Gasteiger partial charge in [-0.15, -0.1) is 11.6 Å². The molecule has 6 heteroatoms. The standard InChI is InChI=1S/C19H34ClNO3S/c1-4-5-9-17(20)10-7-6-8-15(2)13-18(23)14-19(24)25-12-11-21-16(3)22/h15,17H,4-14H2,1-3H3,(H,21,22). The Kier molecular flexibility index (Phi) is 15.3. The van der Waals surface area contributed by atoms with E-state index < -0.39 is 0 Å². The number of halogens is 1. The van der Waals surface area contributed by atoms with Crippen molar-refractivity contribution >= 4 is 40.2 Å². The minimum Gasteiger partial charge on any atom is -0.356 e. The summed E-state index contributed by atoms with van der Waals surface area (Å²) in [5, 5.41) is 2.80. The number of alkyl halides is 1. The van der Waals surface area contributed by atoms with Gasteiger partial charge in [-0.25, -0.2) is 0 Å². The van der Waals surface area contributed by atoms with Crippen LogP contribution in [0.25, 0.3) is 0 Å². The van der Waals surface area contributed by atoms with Crippen LogP contribution < -0.4 is 5.32 Å². The van der Waals surface area contributed by atoms with Crippen molar-refractivity contribution in [3.8, 4) is 0 Å². The third kappa shape index (κ3) is 16.7. The van der Waals surface area contributed by atoms with E-state index in [1.165, 1.54) is 19.8 Å². The quantitative estimate of drug-likeness (QED) is 0.249. The summed E-state index contributed by atoms with van der Waals surface area (Å²) in [6.45, 7) is 6.14. The first kappa shape index (κ1) is 24.5. The number of carbonyl (C=O) groups is 3. The lowest BCUT2D eigenvalue weighted by Crippen LogP contribution is -2.23. The Hall–Kier alpha value is -0.550. The second kappa shape index (κ2) is 15.7. The lowest BCUT2D eigenvalue weighted by Gasteiger charge is -2.12. The van der Waals surface area contributed by atoms with Crippen molar-refractivity contribution in [2.75, 3.05) is 12.3 Å². The van der Waals surface area contributed by atoms with E-state index in [1.54, 1.807) is 0 Å². The number of rotatable bonds is 15.